The average Bonchev–Trinajstić information content (AvgIpc) is 2.38. The van der Waals surface area contributed by atoms with Crippen LogP contribution in [0.2, 0.25) is 0 Å². The number of rotatable bonds is 4. The second-order valence-corrected chi connectivity index (χ2v) is 7.22. The molecule has 0 radical (unpaired) electrons. The molecule has 1 N–H and O–H groups in total. The highest BCUT2D eigenvalue weighted by molar-refractivity contribution is 4.91. The Morgan fingerprint density at radius 2 is 1.83 bits per heavy atom. The zero-order chi connectivity index (χ0) is 13.2. The third-order valence-electron chi connectivity index (χ3n) is 5.57. The molecule has 1 saturated heterocycles. The Kier molecular flexibility index (Phi) is 4.71. The van der Waals surface area contributed by atoms with Gasteiger partial charge in [0.2, 0.25) is 0 Å². The molecule has 1 unspecified atom stereocenters. The van der Waals surface area contributed by atoms with E-state index in [1.165, 1.54) is 51.6 Å². The Hall–Kier alpha value is -0.0800. The first-order valence-electron chi connectivity index (χ1n) is 7.96. The molecule has 2 rings (SSSR count). The van der Waals surface area contributed by atoms with Gasteiger partial charge in [-0.2, -0.15) is 0 Å². The molecular weight excluding hydrogens is 220 g/mol. The van der Waals surface area contributed by atoms with Crippen LogP contribution in [0.4, 0.5) is 0 Å². The molecule has 0 spiro atoms. The Balaban J connectivity index is 1.98. The van der Waals surface area contributed by atoms with Crippen molar-refractivity contribution in [3.8, 4) is 0 Å². The first kappa shape index (κ1) is 14.3. The van der Waals surface area contributed by atoms with Gasteiger partial charge in [-0.05, 0) is 57.5 Å². The summed E-state index contributed by atoms with van der Waals surface area (Å²) >= 11 is 0. The molecular formula is C16H32N2. The number of nitrogens with zero attached hydrogens (tertiary/aromatic N) is 1. The van der Waals surface area contributed by atoms with E-state index in [4.69, 9.17) is 0 Å². The topological polar surface area (TPSA) is 15.3 Å². The third-order valence-corrected chi connectivity index (χ3v) is 5.57. The van der Waals surface area contributed by atoms with Crippen LogP contribution < -0.4 is 5.32 Å². The number of nitrogens with one attached hydrogen (secondary N) is 1. The fourth-order valence-corrected chi connectivity index (χ4v) is 3.98. The molecule has 2 nitrogen and oxygen atoms in total. The summed E-state index contributed by atoms with van der Waals surface area (Å²) in [5, 5.41) is 3.44. The highest BCUT2D eigenvalue weighted by atomic mass is 15.2. The van der Waals surface area contributed by atoms with Crippen LogP contribution in [-0.4, -0.2) is 37.1 Å². The molecule has 1 aliphatic carbocycles. The van der Waals surface area contributed by atoms with E-state index in [2.05, 4.69) is 38.0 Å². The Labute approximate surface area is 114 Å². The Morgan fingerprint density at radius 1 is 1.17 bits per heavy atom. The van der Waals surface area contributed by atoms with E-state index in [0.29, 0.717) is 11.5 Å². The van der Waals surface area contributed by atoms with Crippen LogP contribution in [0, 0.1) is 11.3 Å². The number of hydrogen-bond acceptors (Lipinski definition) is 2. The van der Waals surface area contributed by atoms with Crippen molar-refractivity contribution in [2.45, 2.75) is 71.4 Å². The summed E-state index contributed by atoms with van der Waals surface area (Å²) < 4.78 is 0. The van der Waals surface area contributed by atoms with Crippen molar-refractivity contribution in [1.29, 1.82) is 0 Å². The molecule has 0 aromatic heterocycles. The summed E-state index contributed by atoms with van der Waals surface area (Å²) in [6.07, 6.45) is 8.79. The molecule has 2 aliphatic rings. The quantitative estimate of drug-likeness (QED) is 0.826. The second-order valence-electron chi connectivity index (χ2n) is 7.22. The second kappa shape index (κ2) is 5.92. The molecule has 106 valence electrons. The third kappa shape index (κ3) is 3.08. The minimum atomic E-state index is 0.369. The van der Waals surface area contributed by atoms with Crippen LogP contribution in [0.3, 0.4) is 0 Å². The van der Waals surface area contributed by atoms with E-state index in [0.717, 1.165) is 12.0 Å². The lowest BCUT2D eigenvalue weighted by Gasteiger charge is -2.48. The molecule has 2 fully saturated rings. The van der Waals surface area contributed by atoms with Gasteiger partial charge in [-0.25, -0.2) is 0 Å². The summed E-state index contributed by atoms with van der Waals surface area (Å²) in [6, 6.07) is 1.48. The smallest absolute Gasteiger partial charge is 0.0124 e. The zero-order valence-corrected chi connectivity index (χ0v) is 12.8. The lowest BCUT2D eigenvalue weighted by molar-refractivity contribution is 0.0244. The van der Waals surface area contributed by atoms with Gasteiger partial charge in [0.05, 0.1) is 0 Å². The minimum Gasteiger partial charge on any atom is -0.317 e. The van der Waals surface area contributed by atoms with Crippen molar-refractivity contribution in [2.75, 3.05) is 20.1 Å². The van der Waals surface area contributed by atoms with Crippen LogP contribution in [0.25, 0.3) is 0 Å². The van der Waals surface area contributed by atoms with Crippen molar-refractivity contribution in [2.24, 2.45) is 11.3 Å². The Bertz CT molecular complexity index is 260. The van der Waals surface area contributed by atoms with Crippen molar-refractivity contribution < 1.29 is 0 Å². The lowest BCUT2D eigenvalue weighted by atomic mass is 9.76. The van der Waals surface area contributed by atoms with Gasteiger partial charge in [-0.3, -0.25) is 4.90 Å². The maximum absolute atomic E-state index is 3.44. The minimum absolute atomic E-state index is 0.369. The SMILES string of the molecule is CNC(C)C(C)(C)CN1CCC[C@H]2CCCC[C@H]21. The normalized spacial score (nSPS) is 32.0. The number of likely N-dealkylation sites (tertiary alicyclic amines) is 1. The van der Waals surface area contributed by atoms with E-state index in [9.17, 15) is 0 Å². The summed E-state index contributed by atoms with van der Waals surface area (Å²) in [6.45, 7) is 9.75. The molecule has 0 aromatic carbocycles. The van der Waals surface area contributed by atoms with Crippen molar-refractivity contribution in [1.82, 2.24) is 10.2 Å². The van der Waals surface area contributed by atoms with Crippen molar-refractivity contribution in [3.05, 3.63) is 0 Å². The predicted molar refractivity (Wildman–Crippen MR) is 78.9 cm³/mol. The monoisotopic (exact) mass is 252 g/mol. The summed E-state index contributed by atoms with van der Waals surface area (Å²) in [5.41, 5.74) is 0.369. The highest BCUT2D eigenvalue weighted by Crippen LogP contribution is 2.37. The van der Waals surface area contributed by atoms with Crippen molar-refractivity contribution >= 4 is 0 Å². The van der Waals surface area contributed by atoms with E-state index in [-0.39, 0.29) is 0 Å². The number of piperidine rings is 1. The highest BCUT2D eigenvalue weighted by Gasteiger charge is 2.36. The fraction of sp³-hybridized carbons (Fsp3) is 1.00. The van der Waals surface area contributed by atoms with Crippen LogP contribution in [-0.2, 0) is 0 Å². The number of hydrogen-bond donors (Lipinski definition) is 1. The van der Waals surface area contributed by atoms with Gasteiger partial charge >= 0.3 is 0 Å². The fourth-order valence-electron chi connectivity index (χ4n) is 3.98. The van der Waals surface area contributed by atoms with Crippen LogP contribution >= 0.6 is 0 Å². The maximum Gasteiger partial charge on any atom is 0.0124 e. The van der Waals surface area contributed by atoms with Crippen LogP contribution in [0.15, 0.2) is 0 Å². The molecule has 2 heteroatoms. The van der Waals surface area contributed by atoms with Gasteiger partial charge < -0.3 is 5.32 Å². The van der Waals surface area contributed by atoms with Gasteiger partial charge in [0.15, 0.2) is 0 Å². The summed E-state index contributed by atoms with van der Waals surface area (Å²) in [5.74, 6) is 1.01. The number of fused-ring (bicyclic) bond motifs is 1. The van der Waals surface area contributed by atoms with E-state index >= 15 is 0 Å². The predicted octanol–water partition coefficient (Wildman–Crippen LogP) is 3.28. The van der Waals surface area contributed by atoms with Gasteiger partial charge in [0.1, 0.15) is 0 Å². The van der Waals surface area contributed by atoms with Gasteiger partial charge in [0.25, 0.3) is 0 Å². The molecule has 1 heterocycles. The first-order chi connectivity index (χ1) is 8.54. The molecule has 3 atom stereocenters. The molecule has 0 bridgehead atoms. The summed E-state index contributed by atoms with van der Waals surface area (Å²) in [4.78, 5) is 2.82. The lowest BCUT2D eigenvalue weighted by Crippen LogP contribution is -2.53. The molecule has 0 aromatic rings. The van der Waals surface area contributed by atoms with E-state index < -0.39 is 0 Å². The molecule has 18 heavy (non-hydrogen) atoms. The zero-order valence-electron chi connectivity index (χ0n) is 12.8. The molecule has 0 amide bonds. The molecule has 1 aliphatic heterocycles. The van der Waals surface area contributed by atoms with Gasteiger partial charge in [-0.1, -0.05) is 26.7 Å². The van der Waals surface area contributed by atoms with Gasteiger partial charge in [0, 0.05) is 18.6 Å². The van der Waals surface area contributed by atoms with E-state index in [1.807, 2.05) is 0 Å². The average molecular weight is 252 g/mol. The van der Waals surface area contributed by atoms with Gasteiger partial charge in [-0.15, -0.1) is 0 Å². The van der Waals surface area contributed by atoms with E-state index in [1.54, 1.807) is 0 Å². The molecule has 1 saturated carbocycles. The summed E-state index contributed by atoms with van der Waals surface area (Å²) in [7, 11) is 2.09. The van der Waals surface area contributed by atoms with Crippen LogP contribution in [0.5, 0.6) is 0 Å². The first-order valence-corrected chi connectivity index (χ1v) is 7.96. The van der Waals surface area contributed by atoms with Crippen molar-refractivity contribution in [3.63, 3.8) is 0 Å². The standard InChI is InChI=1S/C16H32N2/c1-13(17-4)16(2,3)12-18-11-7-9-14-8-5-6-10-15(14)18/h13-15,17H,5-12H2,1-4H3/t13?,14-,15-/m1/s1. The van der Waals surface area contributed by atoms with Crippen LogP contribution in [0.1, 0.15) is 59.3 Å². The largest absolute Gasteiger partial charge is 0.317 e. The Morgan fingerprint density at radius 3 is 2.56 bits per heavy atom. The maximum atomic E-state index is 3.44.